The third kappa shape index (κ3) is 5.33. The molecule has 0 radical (unpaired) electrons. The summed E-state index contributed by atoms with van der Waals surface area (Å²) in [5.41, 5.74) is 2.69. The molecule has 0 bridgehead atoms. The van der Waals surface area contributed by atoms with Gasteiger partial charge in [-0.05, 0) is 40.8 Å². The number of likely N-dealkylation sites (N-methyl/N-ethyl adjacent to an activating group) is 1. The minimum absolute atomic E-state index is 0.0737. The number of nitrogens with one attached hydrogen (secondary N) is 1. The first-order valence-corrected chi connectivity index (χ1v) is 7.83. The topological polar surface area (TPSA) is 75.4 Å². The standard InChI is InChI=1S/C11H27N3O2S/c1-6-17(15,16)9-7-8-10(13-12)11(2,3)14(4)5/h10,13H,6-9,12H2,1-5H3. The zero-order valence-electron chi connectivity index (χ0n) is 11.7. The Balaban J connectivity index is 4.35. The lowest BCUT2D eigenvalue weighted by Crippen LogP contribution is -2.57. The van der Waals surface area contributed by atoms with Gasteiger partial charge in [0.2, 0.25) is 0 Å². The molecule has 0 aromatic carbocycles. The first kappa shape index (κ1) is 16.8. The zero-order valence-corrected chi connectivity index (χ0v) is 12.5. The van der Waals surface area contributed by atoms with Crippen LogP contribution in [0.2, 0.25) is 0 Å². The van der Waals surface area contributed by atoms with Gasteiger partial charge in [-0.1, -0.05) is 6.92 Å². The van der Waals surface area contributed by atoms with Crippen LogP contribution in [0.4, 0.5) is 0 Å². The Morgan fingerprint density at radius 3 is 2.24 bits per heavy atom. The summed E-state index contributed by atoms with van der Waals surface area (Å²) in [7, 11) is 1.12. The van der Waals surface area contributed by atoms with Gasteiger partial charge in [0, 0.05) is 17.3 Å². The molecule has 0 aliphatic rings. The first-order valence-electron chi connectivity index (χ1n) is 6.01. The van der Waals surface area contributed by atoms with E-state index < -0.39 is 9.84 Å². The third-order valence-corrected chi connectivity index (χ3v) is 5.38. The zero-order chi connectivity index (χ0) is 13.7. The SMILES string of the molecule is CCS(=O)(=O)CCCC(NN)C(C)(C)N(C)C. The number of hydrazine groups is 1. The van der Waals surface area contributed by atoms with E-state index in [2.05, 4.69) is 24.2 Å². The van der Waals surface area contributed by atoms with Crippen molar-refractivity contribution in [3.05, 3.63) is 0 Å². The highest BCUT2D eigenvalue weighted by molar-refractivity contribution is 7.91. The van der Waals surface area contributed by atoms with Crippen LogP contribution in [-0.2, 0) is 9.84 Å². The van der Waals surface area contributed by atoms with Gasteiger partial charge in [0.25, 0.3) is 0 Å². The van der Waals surface area contributed by atoms with Crippen molar-refractivity contribution in [3.63, 3.8) is 0 Å². The molecule has 0 aliphatic heterocycles. The predicted molar refractivity (Wildman–Crippen MR) is 72.4 cm³/mol. The second-order valence-electron chi connectivity index (χ2n) is 5.15. The van der Waals surface area contributed by atoms with Crippen molar-refractivity contribution in [3.8, 4) is 0 Å². The van der Waals surface area contributed by atoms with E-state index in [1.807, 2.05) is 14.1 Å². The summed E-state index contributed by atoms with van der Waals surface area (Å²) >= 11 is 0. The number of hydrogen-bond donors (Lipinski definition) is 2. The van der Waals surface area contributed by atoms with Crippen molar-refractivity contribution in [1.82, 2.24) is 10.3 Å². The van der Waals surface area contributed by atoms with Crippen LogP contribution < -0.4 is 11.3 Å². The Bertz CT molecular complexity index is 313. The van der Waals surface area contributed by atoms with Gasteiger partial charge in [-0.15, -0.1) is 0 Å². The first-order chi connectivity index (χ1) is 7.67. The van der Waals surface area contributed by atoms with Gasteiger partial charge in [-0.25, -0.2) is 8.42 Å². The van der Waals surface area contributed by atoms with E-state index in [0.29, 0.717) is 6.42 Å². The van der Waals surface area contributed by atoms with E-state index in [4.69, 9.17) is 5.84 Å². The molecule has 0 saturated carbocycles. The Hall–Kier alpha value is -0.170. The highest BCUT2D eigenvalue weighted by Crippen LogP contribution is 2.19. The smallest absolute Gasteiger partial charge is 0.150 e. The van der Waals surface area contributed by atoms with E-state index >= 15 is 0 Å². The average Bonchev–Trinajstić information content (AvgIpc) is 2.23. The van der Waals surface area contributed by atoms with Crippen LogP contribution in [0, 0.1) is 0 Å². The summed E-state index contributed by atoms with van der Waals surface area (Å²) in [5, 5.41) is 0. The largest absolute Gasteiger partial charge is 0.303 e. The lowest BCUT2D eigenvalue weighted by molar-refractivity contribution is 0.132. The quantitative estimate of drug-likeness (QED) is 0.490. The summed E-state index contributed by atoms with van der Waals surface area (Å²) in [4.78, 5) is 2.09. The average molecular weight is 265 g/mol. The molecule has 17 heavy (non-hydrogen) atoms. The fraction of sp³-hybridized carbons (Fsp3) is 1.00. The summed E-state index contributed by atoms with van der Waals surface area (Å²) in [6.45, 7) is 5.86. The summed E-state index contributed by atoms with van der Waals surface area (Å²) in [6, 6.07) is 0.0737. The molecule has 0 aliphatic carbocycles. The van der Waals surface area contributed by atoms with Crippen molar-refractivity contribution in [2.45, 2.75) is 45.2 Å². The van der Waals surface area contributed by atoms with E-state index in [1.54, 1.807) is 6.92 Å². The van der Waals surface area contributed by atoms with Gasteiger partial charge in [-0.3, -0.25) is 11.3 Å². The molecule has 0 aromatic rings. The Morgan fingerprint density at radius 1 is 1.35 bits per heavy atom. The second kappa shape index (κ2) is 6.68. The van der Waals surface area contributed by atoms with Crippen molar-refractivity contribution in [2.75, 3.05) is 25.6 Å². The molecular formula is C11H27N3O2S. The van der Waals surface area contributed by atoms with Crippen LogP contribution in [0.15, 0.2) is 0 Å². The molecule has 0 saturated heterocycles. The number of nitrogens with zero attached hydrogens (tertiary/aromatic N) is 1. The van der Waals surface area contributed by atoms with Crippen molar-refractivity contribution in [2.24, 2.45) is 5.84 Å². The summed E-state index contributed by atoms with van der Waals surface area (Å²) in [6.07, 6.45) is 1.39. The van der Waals surface area contributed by atoms with Gasteiger partial charge >= 0.3 is 0 Å². The molecular weight excluding hydrogens is 238 g/mol. The molecule has 0 rings (SSSR count). The molecule has 0 fully saturated rings. The van der Waals surface area contributed by atoms with E-state index in [1.165, 1.54) is 0 Å². The number of hydrogen-bond acceptors (Lipinski definition) is 5. The normalized spacial score (nSPS) is 15.2. The van der Waals surface area contributed by atoms with E-state index in [-0.39, 0.29) is 23.1 Å². The van der Waals surface area contributed by atoms with Crippen LogP contribution >= 0.6 is 0 Å². The van der Waals surface area contributed by atoms with Crippen molar-refractivity contribution in [1.29, 1.82) is 0 Å². The minimum atomic E-state index is -2.87. The Kier molecular flexibility index (Phi) is 6.61. The summed E-state index contributed by atoms with van der Waals surface area (Å²) in [5.74, 6) is 6.01. The van der Waals surface area contributed by atoms with E-state index in [0.717, 1.165) is 6.42 Å². The Morgan fingerprint density at radius 2 is 1.88 bits per heavy atom. The lowest BCUT2D eigenvalue weighted by Gasteiger charge is -2.39. The van der Waals surface area contributed by atoms with Crippen LogP contribution in [-0.4, -0.2) is 50.5 Å². The highest BCUT2D eigenvalue weighted by atomic mass is 32.2. The van der Waals surface area contributed by atoms with E-state index in [9.17, 15) is 8.42 Å². The highest BCUT2D eigenvalue weighted by Gasteiger charge is 2.30. The third-order valence-electron chi connectivity index (χ3n) is 3.59. The van der Waals surface area contributed by atoms with Gasteiger partial charge in [-0.2, -0.15) is 0 Å². The number of rotatable bonds is 8. The summed E-state index contributed by atoms with van der Waals surface area (Å²) < 4.78 is 22.8. The predicted octanol–water partition coefficient (Wildman–Crippen LogP) is 0.373. The number of nitrogens with two attached hydrogens (primary N) is 1. The lowest BCUT2D eigenvalue weighted by atomic mass is 9.90. The van der Waals surface area contributed by atoms with Gasteiger partial charge in [0.05, 0.1) is 5.75 Å². The van der Waals surface area contributed by atoms with Gasteiger partial charge < -0.3 is 4.90 Å². The molecule has 1 unspecified atom stereocenters. The van der Waals surface area contributed by atoms with Crippen molar-refractivity contribution >= 4 is 9.84 Å². The van der Waals surface area contributed by atoms with Crippen LogP contribution in [0.25, 0.3) is 0 Å². The fourth-order valence-corrected chi connectivity index (χ4v) is 2.50. The molecule has 0 spiro atoms. The molecule has 0 amide bonds. The molecule has 104 valence electrons. The fourth-order valence-electron chi connectivity index (χ4n) is 1.60. The monoisotopic (exact) mass is 265 g/mol. The maximum absolute atomic E-state index is 11.4. The molecule has 6 heteroatoms. The maximum atomic E-state index is 11.4. The molecule has 0 heterocycles. The number of sulfone groups is 1. The van der Waals surface area contributed by atoms with Crippen LogP contribution in [0.3, 0.4) is 0 Å². The van der Waals surface area contributed by atoms with Crippen LogP contribution in [0.1, 0.15) is 33.6 Å². The molecule has 1 atom stereocenters. The van der Waals surface area contributed by atoms with Gasteiger partial charge in [0.1, 0.15) is 9.84 Å². The van der Waals surface area contributed by atoms with Gasteiger partial charge in [0.15, 0.2) is 0 Å². The maximum Gasteiger partial charge on any atom is 0.150 e. The molecule has 5 nitrogen and oxygen atoms in total. The molecule has 0 aromatic heterocycles. The Labute approximate surface area is 106 Å². The second-order valence-corrected chi connectivity index (χ2v) is 7.62. The molecule has 3 N–H and O–H groups in total. The van der Waals surface area contributed by atoms with Crippen molar-refractivity contribution < 1.29 is 8.42 Å². The van der Waals surface area contributed by atoms with Crippen LogP contribution in [0.5, 0.6) is 0 Å². The minimum Gasteiger partial charge on any atom is -0.303 e.